The fourth-order valence-electron chi connectivity index (χ4n) is 1.96. The first-order chi connectivity index (χ1) is 9.33. The molecule has 0 spiro atoms. The smallest absolute Gasteiger partial charge is 0.244 e. The Bertz CT molecular complexity index is 405. The Balaban J connectivity index is 1.93. The van der Waals surface area contributed by atoms with Gasteiger partial charge in [-0.1, -0.05) is 13.3 Å². The topological polar surface area (TPSA) is 74.2 Å². The Hall–Kier alpha value is -1.92. The maximum atomic E-state index is 10.7. The molecule has 7 heteroatoms. The highest BCUT2D eigenvalue weighted by Gasteiger charge is 2.17. The van der Waals surface area contributed by atoms with Crippen molar-refractivity contribution < 1.29 is 4.79 Å². The molecule has 0 aliphatic carbocycles. The number of aromatic nitrogens is 3. The van der Waals surface area contributed by atoms with Gasteiger partial charge in [-0.2, -0.15) is 10.1 Å². The number of amides is 1. The van der Waals surface area contributed by atoms with Crippen LogP contribution in [0.2, 0.25) is 0 Å². The van der Waals surface area contributed by atoms with Crippen molar-refractivity contribution in [2.45, 2.75) is 19.8 Å². The van der Waals surface area contributed by atoms with E-state index in [-0.39, 0.29) is 0 Å². The van der Waals surface area contributed by atoms with Crippen molar-refractivity contribution in [2.75, 3.05) is 42.9 Å². The van der Waals surface area contributed by atoms with Crippen LogP contribution in [0.4, 0.5) is 11.8 Å². The molecule has 1 aromatic rings. The molecule has 2 heterocycles. The van der Waals surface area contributed by atoms with Gasteiger partial charge in [0.15, 0.2) is 5.82 Å². The molecule has 2 rings (SSSR count). The molecule has 1 amide bonds. The average Bonchev–Trinajstić information content (AvgIpc) is 2.48. The number of hydrogen-bond acceptors (Lipinski definition) is 6. The summed E-state index contributed by atoms with van der Waals surface area (Å²) in [6.07, 6.45) is 4.79. The van der Waals surface area contributed by atoms with Gasteiger partial charge in [-0.25, -0.2) is 0 Å². The highest BCUT2D eigenvalue weighted by molar-refractivity contribution is 5.49. The van der Waals surface area contributed by atoms with Gasteiger partial charge >= 0.3 is 0 Å². The lowest BCUT2D eigenvalue weighted by molar-refractivity contribution is -0.118. The number of rotatable bonds is 6. The van der Waals surface area contributed by atoms with Crippen molar-refractivity contribution in [1.82, 2.24) is 20.1 Å². The van der Waals surface area contributed by atoms with Crippen LogP contribution in [-0.4, -0.2) is 59.2 Å². The first kappa shape index (κ1) is 13.5. The predicted molar refractivity (Wildman–Crippen MR) is 73.1 cm³/mol. The molecule has 104 valence electrons. The third-order valence-electron chi connectivity index (χ3n) is 3.15. The fraction of sp³-hybridized carbons (Fsp3) is 0.667. The highest BCUT2D eigenvalue weighted by Crippen LogP contribution is 2.12. The minimum absolute atomic E-state index is 0.573. The number of nitrogens with zero attached hydrogens (tertiary/aromatic N) is 5. The summed E-state index contributed by atoms with van der Waals surface area (Å²) in [6.45, 7) is 6.03. The second-order valence-electron chi connectivity index (χ2n) is 4.55. The predicted octanol–water partition coefficient (Wildman–Crippen LogP) is 0.362. The van der Waals surface area contributed by atoms with Gasteiger partial charge < -0.3 is 15.1 Å². The summed E-state index contributed by atoms with van der Waals surface area (Å²) in [6, 6.07) is 0. The summed E-state index contributed by atoms with van der Waals surface area (Å²) in [7, 11) is 0. The molecule has 0 radical (unpaired) electrons. The largest absolute Gasteiger partial charge is 0.353 e. The minimum Gasteiger partial charge on any atom is -0.353 e. The summed E-state index contributed by atoms with van der Waals surface area (Å²) in [5.41, 5.74) is 0. The molecule has 0 aromatic carbocycles. The van der Waals surface area contributed by atoms with E-state index in [1.165, 1.54) is 0 Å². The fourth-order valence-corrected chi connectivity index (χ4v) is 1.96. The van der Waals surface area contributed by atoms with E-state index in [4.69, 9.17) is 0 Å². The Morgan fingerprint density at radius 1 is 1.37 bits per heavy atom. The average molecular weight is 264 g/mol. The number of hydrogen-bond donors (Lipinski definition) is 1. The standard InChI is InChI=1S/C12H20N6O/c1-2-3-4-13-12-15-11(9-14-16-12)18-7-5-17(10-19)6-8-18/h9-10H,2-8H2,1H3,(H,13,15,16). The summed E-state index contributed by atoms with van der Waals surface area (Å²) in [5, 5.41) is 11.1. The van der Waals surface area contributed by atoms with Crippen LogP contribution >= 0.6 is 0 Å². The normalized spacial score (nSPS) is 15.4. The third kappa shape index (κ3) is 3.77. The molecule has 1 saturated heterocycles. The lowest BCUT2D eigenvalue weighted by atomic mass is 10.3. The third-order valence-corrected chi connectivity index (χ3v) is 3.15. The number of carbonyl (C=O) groups excluding carboxylic acids is 1. The van der Waals surface area contributed by atoms with Crippen LogP contribution in [0.25, 0.3) is 0 Å². The zero-order valence-electron chi connectivity index (χ0n) is 11.2. The number of unbranched alkanes of at least 4 members (excludes halogenated alkanes) is 1. The molecule has 1 aliphatic rings. The van der Waals surface area contributed by atoms with Crippen LogP contribution < -0.4 is 10.2 Å². The summed E-state index contributed by atoms with van der Waals surface area (Å²) in [4.78, 5) is 19.0. The first-order valence-corrected chi connectivity index (χ1v) is 6.71. The lowest BCUT2D eigenvalue weighted by Crippen LogP contribution is -2.46. The van der Waals surface area contributed by atoms with Crippen LogP contribution in [-0.2, 0) is 4.79 Å². The molecular formula is C12H20N6O. The van der Waals surface area contributed by atoms with Crippen molar-refractivity contribution >= 4 is 18.2 Å². The van der Waals surface area contributed by atoms with Crippen molar-refractivity contribution in [3.63, 3.8) is 0 Å². The van der Waals surface area contributed by atoms with Gasteiger partial charge in [0.1, 0.15) is 0 Å². The minimum atomic E-state index is 0.573. The van der Waals surface area contributed by atoms with E-state index in [0.717, 1.165) is 57.8 Å². The quantitative estimate of drug-likeness (QED) is 0.591. The molecule has 1 N–H and O–H groups in total. The van der Waals surface area contributed by atoms with Gasteiger partial charge in [0.2, 0.25) is 12.4 Å². The molecule has 19 heavy (non-hydrogen) atoms. The molecule has 0 saturated carbocycles. The Morgan fingerprint density at radius 3 is 2.84 bits per heavy atom. The van der Waals surface area contributed by atoms with Gasteiger partial charge in [0, 0.05) is 32.7 Å². The van der Waals surface area contributed by atoms with Crippen LogP contribution in [0, 0.1) is 0 Å². The Kier molecular flexibility index (Phi) is 4.88. The summed E-state index contributed by atoms with van der Waals surface area (Å²) >= 11 is 0. The second kappa shape index (κ2) is 6.86. The van der Waals surface area contributed by atoms with Gasteiger partial charge in [0.25, 0.3) is 0 Å². The van der Waals surface area contributed by atoms with E-state index >= 15 is 0 Å². The zero-order valence-corrected chi connectivity index (χ0v) is 11.2. The molecule has 7 nitrogen and oxygen atoms in total. The van der Waals surface area contributed by atoms with E-state index in [1.54, 1.807) is 11.1 Å². The molecule has 1 fully saturated rings. The van der Waals surface area contributed by atoms with Gasteiger partial charge in [0.05, 0.1) is 6.20 Å². The SMILES string of the molecule is CCCCNc1nncc(N2CCN(C=O)CC2)n1. The van der Waals surface area contributed by atoms with Crippen LogP contribution in [0.5, 0.6) is 0 Å². The summed E-state index contributed by atoms with van der Waals surface area (Å²) in [5.74, 6) is 1.39. The molecule has 0 atom stereocenters. The van der Waals surface area contributed by atoms with E-state index < -0.39 is 0 Å². The Morgan fingerprint density at radius 2 is 2.16 bits per heavy atom. The number of anilines is 2. The van der Waals surface area contributed by atoms with E-state index in [2.05, 4.69) is 32.3 Å². The molecular weight excluding hydrogens is 244 g/mol. The second-order valence-corrected chi connectivity index (χ2v) is 4.55. The molecule has 1 aliphatic heterocycles. The van der Waals surface area contributed by atoms with Crippen molar-refractivity contribution in [2.24, 2.45) is 0 Å². The van der Waals surface area contributed by atoms with Crippen molar-refractivity contribution in [1.29, 1.82) is 0 Å². The summed E-state index contributed by atoms with van der Waals surface area (Å²) < 4.78 is 0. The van der Waals surface area contributed by atoms with Gasteiger partial charge in [-0.3, -0.25) is 4.79 Å². The number of piperazine rings is 1. The number of nitrogens with one attached hydrogen (secondary N) is 1. The van der Waals surface area contributed by atoms with Crippen LogP contribution in [0.1, 0.15) is 19.8 Å². The maximum absolute atomic E-state index is 10.7. The molecule has 0 bridgehead atoms. The maximum Gasteiger partial charge on any atom is 0.244 e. The van der Waals surface area contributed by atoms with Crippen LogP contribution in [0.3, 0.4) is 0 Å². The highest BCUT2D eigenvalue weighted by atomic mass is 16.1. The lowest BCUT2D eigenvalue weighted by Gasteiger charge is -2.33. The van der Waals surface area contributed by atoms with Crippen molar-refractivity contribution in [3.05, 3.63) is 6.20 Å². The zero-order chi connectivity index (χ0) is 13.5. The van der Waals surface area contributed by atoms with Crippen molar-refractivity contribution in [3.8, 4) is 0 Å². The number of carbonyl (C=O) groups is 1. The molecule has 1 aromatic heterocycles. The van der Waals surface area contributed by atoms with E-state index in [9.17, 15) is 4.79 Å². The monoisotopic (exact) mass is 264 g/mol. The molecule has 0 unspecified atom stereocenters. The van der Waals surface area contributed by atoms with E-state index in [1.807, 2.05) is 0 Å². The first-order valence-electron chi connectivity index (χ1n) is 6.71. The van der Waals surface area contributed by atoms with Crippen LogP contribution in [0.15, 0.2) is 6.20 Å². The van der Waals surface area contributed by atoms with Gasteiger partial charge in [-0.05, 0) is 6.42 Å². The Labute approximate surface area is 113 Å². The van der Waals surface area contributed by atoms with Gasteiger partial charge in [-0.15, -0.1) is 5.10 Å². The van der Waals surface area contributed by atoms with E-state index in [0.29, 0.717) is 5.95 Å².